The van der Waals surface area contributed by atoms with Gasteiger partial charge in [-0.05, 0) is 48.9 Å². The molecule has 0 amide bonds. The smallest absolute Gasteiger partial charge is 0.166 e. The van der Waals surface area contributed by atoms with Crippen LogP contribution in [0.1, 0.15) is 41.9 Å². The van der Waals surface area contributed by atoms with E-state index in [9.17, 15) is 13.2 Å². The van der Waals surface area contributed by atoms with Gasteiger partial charge < -0.3 is 0 Å². The minimum atomic E-state index is -4.24. The summed E-state index contributed by atoms with van der Waals surface area (Å²) in [7, 11) is 0. The van der Waals surface area contributed by atoms with Crippen molar-refractivity contribution in [2.75, 3.05) is 0 Å². The quantitative estimate of drug-likeness (QED) is 0.659. The molecule has 0 heterocycles. The minimum Gasteiger partial charge on any atom is -0.166 e. The molecule has 3 heteroatoms. The largest absolute Gasteiger partial charge is 0.416 e. The van der Waals surface area contributed by atoms with Crippen molar-refractivity contribution in [3.8, 4) is 0 Å². The number of alkyl halides is 3. The molecule has 1 saturated carbocycles. The van der Waals surface area contributed by atoms with Crippen molar-refractivity contribution in [2.45, 2.75) is 38.3 Å². The van der Waals surface area contributed by atoms with Gasteiger partial charge in [-0.1, -0.05) is 12.5 Å². The number of hydrogen-bond donors (Lipinski definition) is 0. The Labute approximate surface area is 87.1 Å². The van der Waals surface area contributed by atoms with Crippen LogP contribution in [0.15, 0.2) is 12.1 Å². The highest BCUT2D eigenvalue weighted by atomic mass is 19.4. The van der Waals surface area contributed by atoms with E-state index in [4.69, 9.17) is 0 Å². The predicted octanol–water partition coefficient (Wildman–Crippen LogP) is 4.08. The Balaban J connectivity index is 2.41. The van der Waals surface area contributed by atoms with E-state index >= 15 is 0 Å². The zero-order valence-electron chi connectivity index (χ0n) is 8.49. The maximum atomic E-state index is 12.6. The van der Waals surface area contributed by atoms with Crippen LogP contribution < -0.4 is 0 Å². The number of benzene rings is 1. The van der Waals surface area contributed by atoms with E-state index in [1.54, 1.807) is 6.92 Å². The molecule has 0 aromatic heterocycles. The van der Waals surface area contributed by atoms with Crippen molar-refractivity contribution < 1.29 is 13.2 Å². The molecule has 0 N–H and O–H groups in total. The molecular weight excluding hydrogens is 201 g/mol. The molecule has 0 unspecified atom stereocenters. The first-order valence-corrected chi connectivity index (χ1v) is 5.08. The van der Waals surface area contributed by atoms with Crippen LogP contribution in [0, 0.1) is 13.0 Å². The van der Waals surface area contributed by atoms with Gasteiger partial charge in [0.1, 0.15) is 0 Å². The molecule has 1 aliphatic rings. The lowest BCUT2D eigenvalue weighted by Gasteiger charge is -2.28. The van der Waals surface area contributed by atoms with Crippen LogP contribution in [-0.4, -0.2) is 0 Å². The van der Waals surface area contributed by atoms with Crippen LogP contribution in [0.4, 0.5) is 13.2 Å². The van der Waals surface area contributed by atoms with Crippen LogP contribution in [0.2, 0.25) is 0 Å². The lowest BCUT2D eigenvalue weighted by Crippen LogP contribution is -2.14. The van der Waals surface area contributed by atoms with Gasteiger partial charge in [-0.25, -0.2) is 0 Å². The Bertz CT molecular complexity index is 362. The zero-order valence-corrected chi connectivity index (χ0v) is 8.49. The van der Waals surface area contributed by atoms with E-state index in [0.29, 0.717) is 11.5 Å². The molecule has 1 aromatic carbocycles. The van der Waals surface area contributed by atoms with Gasteiger partial charge in [0, 0.05) is 0 Å². The van der Waals surface area contributed by atoms with Crippen molar-refractivity contribution in [1.82, 2.24) is 0 Å². The van der Waals surface area contributed by atoms with Crippen molar-refractivity contribution >= 4 is 0 Å². The second-order valence-corrected chi connectivity index (χ2v) is 4.06. The second-order valence-electron chi connectivity index (χ2n) is 4.06. The molecule has 0 saturated heterocycles. The number of rotatable bonds is 1. The maximum absolute atomic E-state index is 12.6. The average molecular weight is 213 g/mol. The van der Waals surface area contributed by atoms with Crippen LogP contribution in [0.25, 0.3) is 0 Å². The van der Waals surface area contributed by atoms with Crippen molar-refractivity contribution in [1.29, 1.82) is 0 Å². The predicted molar refractivity (Wildman–Crippen MR) is 51.6 cm³/mol. The summed E-state index contributed by atoms with van der Waals surface area (Å²) >= 11 is 0. The van der Waals surface area contributed by atoms with Gasteiger partial charge in [0.15, 0.2) is 0 Å². The third kappa shape index (κ3) is 1.87. The molecule has 0 atom stereocenters. The van der Waals surface area contributed by atoms with E-state index in [2.05, 4.69) is 6.07 Å². The fraction of sp³-hybridized carbons (Fsp3) is 0.500. The van der Waals surface area contributed by atoms with Crippen LogP contribution in [-0.2, 0) is 6.18 Å². The van der Waals surface area contributed by atoms with Crippen molar-refractivity contribution in [3.63, 3.8) is 0 Å². The van der Waals surface area contributed by atoms with Gasteiger partial charge in [0.05, 0.1) is 5.56 Å². The number of hydrogen-bond acceptors (Lipinski definition) is 0. The monoisotopic (exact) mass is 213 g/mol. The van der Waals surface area contributed by atoms with Gasteiger partial charge in [-0.15, -0.1) is 0 Å². The first-order chi connectivity index (χ1) is 7.00. The van der Waals surface area contributed by atoms with Crippen LogP contribution >= 0.6 is 0 Å². The van der Waals surface area contributed by atoms with Gasteiger partial charge in [0.2, 0.25) is 0 Å². The van der Waals surface area contributed by atoms with Crippen molar-refractivity contribution in [2.24, 2.45) is 0 Å². The van der Waals surface area contributed by atoms with Gasteiger partial charge in [0.25, 0.3) is 0 Å². The average Bonchev–Trinajstić information content (AvgIpc) is 2.03. The normalized spacial score (nSPS) is 17.6. The molecule has 2 rings (SSSR count). The SMILES string of the molecule is Cc1c(C2CCC2)[c]ccc1C(F)(F)F. The van der Waals surface area contributed by atoms with E-state index in [0.717, 1.165) is 30.9 Å². The molecule has 0 nitrogen and oxygen atoms in total. The molecule has 1 aromatic rings. The summed E-state index contributed by atoms with van der Waals surface area (Å²) < 4.78 is 37.8. The summed E-state index contributed by atoms with van der Waals surface area (Å²) in [4.78, 5) is 0. The van der Waals surface area contributed by atoms with E-state index < -0.39 is 11.7 Å². The minimum absolute atomic E-state index is 0.298. The maximum Gasteiger partial charge on any atom is 0.416 e. The summed E-state index contributed by atoms with van der Waals surface area (Å²) in [6.45, 7) is 1.55. The summed E-state index contributed by atoms with van der Waals surface area (Å²) in [6, 6.07) is 5.45. The summed E-state index contributed by atoms with van der Waals surface area (Å²) in [5.74, 6) is 0.298. The van der Waals surface area contributed by atoms with Crippen LogP contribution in [0.5, 0.6) is 0 Å². The highest BCUT2D eigenvalue weighted by Crippen LogP contribution is 2.41. The van der Waals surface area contributed by atoms with Gasteiger partial charge in [-0.3, -0.25) is 0 Å². The van der Waals surface area contributed by atoms with Crippen molar-refractivity contribution in [3.05, 3.63) is 34.9 Å². The zero-order chi connectivity index (χ0) is 11.1. The Morgan fingerprint density at radius 3 is 2.47 bits per heavy atom. The third-order valence-electron chi connectivity index (χ3n) is 3.12. The lowest BCUT2D eigenvalue weighted by molar-refractivity contribution is -0.138. The molecular formula is C12H12F3. The lowest BCUT2D eigenvalue weighted by atomic mass is 9.77. The fourth-order valence-electron chi connectivity index (χ4n) is 2.02. The molecule has 0 bridgehead atoms. The number of halogens is 3. The van der Waals surface area contributed by atoms with Crippen LogP contribution in [0.3, 0.4) is 0 Å². The summed E-state index contributed by atoms with van der Waals surface area (Å²) in [6.07, 6.45) is -1.12. The fourth-order valence-corrected chi connectivity index (χ4v) is 2.02. The second kappa shape index (κ2) is 3.54. The van der Waals surface area contributed by atoms with Gasteiger partial charge >= 0.3 is 6.18 Å². The first-order valence-electron chi connectivity index (χ1n) is 5.08. The van der Waals surface area contributed by atoms with E-state index in [1.165, 1.54) is 6.07 Å². The first kappa shape index (κ1) is 10.5. The topological polar surface area (TPSA) is 0 Å². The summed E-state index contributed by atoms with van der Waals surface area (Å²) in [5, 5.41) is 0. The highest BCUT2D eigenvalue weighted by molar-refractivity contribution is 5.38. The molecule has 0 spiro atoms. The Kier molecular flexibility index (Phi) is 2.49. The molecule has 0 aliphatic heterocycles. The standard InChI is InChI=1S/C12H12F3/c1-8-10(9-4-2-5-9)6-3-7-11(8)12(13,14)15/h3,7,9H,2,4-5H2,1H3. The highest BCUT2D eigenvalue weighted by Gasteiger charge is 2.34. The third-order valence-corrected chi connectivity index (χ3v) is 3.12. The molecule has 1 aliphatic carbocycles. The Morgan fingerprint density at radius 1 is 1.33 bits per heavy atom. The molecule has 81 valence electrons. The molecule has 1 radical (unpaired) electrons. The van der Waals surface area contributed by atoms with E-state index in [1.807, 2.05) is 0 Å². The van der Waals surface area contributed by atoms with Gasteiger partial charge in [-0.2, -0.15) is 13.2 Å². The Morgan fingerprint density at radius 2 is 2.00 bits per heavy atom. The molecule has 1 fully saturated rings. The Hall–Kier alpha value is -0.990. The van der Waals surface area contributed by atoms with E-state index in [-0.39, 0.29) is 0 Å². The molecule has 15 heavy (non-hydrogen) atoms. The summed E-state index contributed by atoms with van der Waals surface area (Å²) in [5.41, 5.74) is 0.605.